The number of methoxy groups -OCH3 is 1. The highest BCUT2D eigenvalue weighted by Gasteiger charge is 2.22. The third kappa shape index (κ3) is 3.63. The van der Waals surface area contributed by atoms with E-state index in [1.165, 1.54) is 6.42 Å². The highest BCUT2D eigenvalue weighted by atomic mass is 16.5. The van der Waals surface area contributed by atoms with E-state index in [0.29, 0.717) is 12.8 Å². The summed E-state index contributed by atoms with van der Waals surface area (Å²) in [7, 11) is 1.63. The van der Waals surface area contributed by atoms with Gasteiger partial charge in [0.1, 0.15) is 0 Å². The lowest BCUT2D eigenvalue weighted by Crippen LogP contribution is -2.25. The van der Waals surface area contributed by atoms with Crippen molar-refractivity contribution in [3.63, 3.8) is 0 Å². The van der Waals surface area contributed by atoms with Crippen molar-refractivity contribution in [2.75, 3.05) is 7.11 Å². The Bertz CT molecular complexity index is 438. The predicted molar refractivity (Wildman–Crippen MR) is 71.8 cm³/mol. The molecule has 0 spiro atoms. The quantitative estimate of drug-likeness (QED) is 0.822. The smallest absolute Gasteiger partial charge is 0.303 e. The summed E-state index contributed by atoms with van der Waals surface area (Å²) in [6.07, 6.45) is 5.18. The summed E-state index contributed by atoms with van der Waals surface area (Å²) in [5.74, 6) is 0.768. The second kappa shape index (κ2) is 6.45. The van der Waals surface area contributed by atoms with Gasteiger partial charge in [-0.15, -0.1) is 0 Å². The largest absolute Gasteiger partial charge is 0.493 e. The predicted octanol–water partition coefficient (Wildman–Crippen LogP) is 3.03. The van der Waals surface area contributed by atoms with Crippen LogP contribution in [-0.4, -0.2) is 24.3 Å². The molecule has 0 aliphatic heterocycles. The number of hydrogen-bond acceptors (Lipinski definition) is 3. The highest BCUT2D eigenvalue weighted by molar-refractivity contribution is 5.66. The molecule has 19 heavy (non-hydrogen) atoms. The maximum atomic E-state index is 10.6. The van der Waals surface area contributed by atoms with Crippen molar-refractivity contribution in [2.45, 2.75) is 44.6 Å². The van der Waals surface area contributed by atoms with Crippen LogP contribution < -0.4 is 9.47 Å². The molecule has 0 heterocycles. The summed E-state index contributed by atoms with van der Waals surface area (Å²) in [5, 5.41) is 8.70. The molecular formula is C15H20O4. The Kier molecular flexibility index (Phi) is 4.66. The van der Waals surface area contributed by atoms with E-state index in [2.05, 4.69) is 0 Å². The molecule has 1 aromatic rings. The Morgan fingerprint density at radius 2 is 2.21 bits per heavy atom. The number of carbonyl (C=O) groups is 1. The molecule has 0 atom stereocenters. The van der Waals surface area contributed by atoms with Gasteiger partial charge in [-0.2, -0.15) is 0 Å². The molecule has 1 fully saturated rings. The molecule has 104 valence electrons. The summed E-state index contributed by atoms with van der Waals surface area (Å²) < 4.78 is 11.3. The molecule has 2 rings (SSSR count). The van der Waals surface area contributed by atoms with E-state index in [9.17, 15) is 4.79 Å². The molecule has 4 heteroatoms. The average molecular weight is 264 g/mol. The van der Waals surface area contributed by atoms with Crippen LogP contribution in [0.15, 0.2) is 18.2 Å². The summed E-state index contributed by atoms with van der Waals surface area (Å²) >= 11 is 0. The molecular weight excluding hydrogens is 244 g/mol. The van der Waals surface area contributed by atoms with Crippen LogP contribution in [0, 0.1) is 0 Å². The normalized spacial score (nSPS) is 14.8. The minimum atomic E-state index is -0.760. The van der Waals surface area contributed by atoms with Crippen LogP contribution >= 0.6 is 0 Å². The van der Waals surface area contributed by atoms with E-state index in [4.69, 9.17) is 14.6 Å². The molecule has 1 saturated carbocycles. The van der Waals surface area contributed by atoms with E-state index < -0.39 is 5.97 Å². The topological polar surface area (TPSA) is 55.8 Å². The minimum Gasteiger partial charge on any atom is -0.493 e. The van der Waals surface area contributed by atoms with Gasteiger partial charge >= 0.3 is 5.97 Å². The lowest BCUT2D eigenvalue weighted by molar-refractivity contribution is -0.137. The van der Waals surface area contributed by atoms with Gasteiger partial charge in [0.25, 0.3) is 0 Å². The first-order valence-corrected chi connectivity index (χ1v) is 6.75. The summed E-state index contributed by atoms with van der Waals surface area (Å²) in [4.78, 5) is 10.6. The molecule has 0 unspecified atom stereocenters. The third-order valence-corrected chi connectivity index (χ3v) is 3.45. The number of rotatable bonds is 7. The van der Waals surface area contributed by atoms with Gasteiger partial charge in [-0.3, -0.25) is 4.79 Å². The molecule has 1 aliphatic carbocycles. The van der Waals surface area contributed by atoms with Crippen molar-refractivity contribution < 1.29 is 19.4 Å². The molecule has 1 N–H and O–H groups in total. The zero-order valence-electron chi connectivity index (χ0n) is 11.2. The van der Waals surface area contributed by atoms with Crippen molar-refractivity contribution in [1.29, 1.82) is 0 Å². The summed E-state index contributed by atoms with van der Waals surface area (Å²) in [5.41, 5.74) is 1.03. The Morgan fingerprint density at radius 3 is 2.79 bits per heavy atom. The first-order valence-electron chi connectivity index (χ1n) is 6.75. The molecule has 0 aromatic heterocycles. The number of ether oxygens (including phenoxy) is 2. The Morgan fingerprint density at radius 1 is 1.42 bits per heavy atom. The lowest BCUT2D eigenvalue weighted by Gasteiger charge is -2.28. The number of carboxylic acids is 1. The van der Waals surface area contributed by atoms with Gasteiger partial charge in [-0.25, -0.2) is 0 Å². The van der Waals surface area contributed by atoms with Gasteiger partial charge in [0, 0.05) is 6.42 Å². The molecule has 0 radical (unpaired) electrons. The van der Waals surface area contributed by atoms with Crippen LogP contribution in [0.3, 0.4) is 0 Å². The Hall–Kier alpha value is -1.71. The number of benzene rings is 1. The van der Waals surface area contributed by atoms with Crippen molar-refractivity contribution in [3.8, 4) is 11.5 Å². The fraction of sp³-hybridized carbons (Fsp3) is 0.533. The van der Waals surface area contributed by atoms with Gasteiger partial charge in [0.15, 0.2) is 11.5 Å². The molecule has 0 saturated heterocycles. The lowest BCUT2D eigenvalue weighted by atomic mass is 9.96. The van der Waals surface area contributed by atoms with E-state index in [-0.39, 0.29) is 12.5 Å². The fourth-order valence-corrected chi connectivity index (χ4v) is 2.14. The summed E-state index contributed by atoms with van der Waals surface area (Å²) in [6.45, 7) is 0. The molecule has 4 nitrogen and oxygen atoms in total. The van der Waals surface area contributed by atoms with Crippen LogP contribution in [0.5, 0.6) is 11.5 Å². The molecule has 0 amide bonds. The highest BCUT2D eigenvalue weighted by Crippen LogP contribution is 2.36. The van der Waals surface area contributed by atoms with Crippen LogP contribution in [0.4, 0.5) is 0 Å². The van der Waals surface area contributed by atoms with Gasteiger partial charge in [0.2, 0.25) is 0 Å². The van der Waals surface area contributed by atoms with Crippen molar-refractivity contribution in [1.82, 2.24) is 0 Å². The molecule has 0 bridgehead atoms. The zero-order chi connectivity index (χ0) is 13.7. The number of aryl methyl sites for hydroxylation is 1. The molecule has 1 aromatic carbocycles. The van der Waals surface area contributed by atoms with Gasteiger partial charge < -0.3 is 14.6 Å². The Balaban J connectivity index is 2.08. The van der Waals surface area contributed by atoms with Crippen molar-refractivity contribution in [2.24, 2.45) is 0 Å². The van der Waals surface area contributed by atoms with E-state index in [0.717, 1.165) is 29.9 Å². The van der Waals surface area contributed by atoms with Gasteiger partial charge in [-0.05, 0) is 43.7 Å². The fourth-order valence-electron chi connectivity index (χ4n) is 2.14. The number of aliphatic carboxylic acids is 1. The zero-order valence-corrected chi connectivity index (χ0v) is 11.2. The second-order valence-corrected chi connectivity index (χ2v) is 4.87. The monoisotopic (exact) mass is 264 g/mol. The summed E-state index contributed by atoms with van der Waals surface area (Å²) in [6, 6.07) is 5.79. The van der Waals surface area contributed by atoms with Crippen LogP contribution in [0.1, 0.15) is 37.7 Å². The number of para-hydroxylation sites is 1. The van der Waals surface area contributed by atoms with Crippen LogP contribution in [-0.2, 0) is 11.2 Å². The minimum absolute atomic E-state index is 0.181. The van der Waals surface area contributed by atoms with E-state index >= 15 is 0 Å². The van der Waals surface area contributed by atoms with E-state index in [1.807, 2.05) is 18.2 Å². The van der Waals surface area contributed by atoms with Crippen molar-refractivity contribution >= 4 is 5.97 Å². The molecule has 1 aliphatic rings. The third-order valence-electron chi connectivity index (χ3n) is 3.45. The standard InChI is InChI=1S/C15H20O4/c1-18-13-9-2-5-11(6-3-10-14(16)17)15(13)19-12-7-4-8-12/h2,5,9,12H,3-4,6-8,10H2,1H3,(H,16,17). The SMILES string of the molecule is COc1cccc(CCCC(=O)O)c1OC1CCC1. The second-order valence-electron chi connectivity index (χ2n) is 4.87. The first kappa shape index (κ1) is 13.7. The average Bonchev–Trinajstić information content (AvgIpc) is 2.34. The maximum absolute atomic E-state index is 10.6. The van der Waals surface area contributed by atoms with E-state index in [1.54, 1.807) is 7.11 Å². The first-order chi connectivity index (χ1) is 9.20. The number of hydrogen-bond donors (Lipinski definition) is 1. The number of carboxylic acid groups (broad SMARTS) is 1. The van der Waals surface area contributed by atoms with Crippen LogP contribution in [0.25, 0.3) is 0 Å². The maximum Gasteiger partial charge on any atom is 0.303 e. The van der Waals surface area contributed by atoms with Crippen molar-refractivity contribution in [3.05, 3.63) is 23.8 Å². The van der Waals surface area contributed by atoms with Crippen LogP contribution in [0.2, 0.25) is 0 Å². The Labute approximate surface area is 113 Å². The van der Waals surface area contributed by atoms with Gasteiger partial charge in [-0.1, -0.05) is 12.1 Å². The van der Waals surface area contributed by atoms with Gasteiger partial charge in [0.05, 0.1) is 13.2 Å².